The van der Waals surface area contributed by atoms with Crippen molar-refractivity contribution in [1.29, 1.82) is 0 Å². The third kappa shape index (κ3) is 6.01. The summed E-state index contributed by atoms with van der Waals surface area (Å²) in [5, 5.41) is 5.01. The summed E-state index contributed by atoms with van der Waals surface area (Å²) >= 11 is 1.87. The molecule has 0 N–H and O–H groups in total. The smallest absolute Gasteiger partial charge is 0.0796 e. The van der Waals surface area contributed by atoms with Gasteiger partial charge in [-0.15, -0.1) is 11.3 Å². The fraction of sp³-hybridized carbons (Fsp3) is 0. The number of thiophene rings is 1. The Morgan fingerprint density at radius 1 is 0.309 bits per heavy atom. The van der Waals surface area contributed by atoms with E-state index >= 15 is 0 Å². The molecule has 0 saturated heterocycles. The van der Waals surface area contributed by atoms with Crippen LogP contribution in [-0.2, 0) is 0 Å². The Kier molecular flexibility index (Phi) is 8.40. The van der Waals surface area contributed by atoms with Gasteiger partial charge in [0.2, 0.25) is 0 Å². The van der Waals surface area contributed by atoms with Crippen molar-refractivity contribution in [2.45, 2.75) is 0 Å². The van der Waals surface area contributed by atoms with Crippen LogP contribution in [0, 0.1) is 0 Å². The molecule has 0 unspecified atom stereocenters. The molecular weight excluding hydrogens is 685 g/mol. The summed E-state index contributed by atoms with van der Waals surface area (Å²) in [5.41, 5.74) is 11.3. The van der Waals surface area contributed by atoms with E-state index in [1.807, 2.05) is 11.3 Å². The van der Waals surface area contributed by atoms with Gasteiger partial charge in [0.1, 0.15) is 0 Å². The van der Waals surface area contributed by atoms with Gasteiger partial charge in [-0.1, -0.05) is 152 Å². The molecule has 0 radical (unpaired) electrons. The van der Waals surface area contributed by atoms with Crippen LogP contribution in [-0.4, -0.2) is 0 Å². The molecule has 3 heteroatoms. The van der Waals surface area contributed by atoms with Crippen molar-refractivity contribution in [2.24, 2.45) is 0 Å². The molecule has 0 saturated carbocycles. The van der Waals surface area contributed by atoms with Crippen LogP contribution in [0.1, 0.15) is 0 Å². The van der Waals surface area contributed by atoms with E-state index in [4.69, 9.17) is 0 Å². The van der Waals surface area contributed by atoms with E-state index < -0.39 is 0 Å². The second-order valence-electron chi connectivity index (χ2n) is 13.7. The maximum Gasteiger partial charge on any atom is 0.0796 e. The van der Waals surface area contributed by atoms with Crippen LogP contribution >= 0.6 is 11.3 Å². The molecule has 0 bridgehead atoms. The molecule has 0 amide bonds. The zero-order valence-electron chi connectivity index (χ0n) is 30.1. The van der Waals surface area contributed by atoms with E-state index in [-0.39, 0.29) is 0 Å². The lowest BCUT2D eigenvalue weighted by Gasteiger charge is -2.34. The van der Waals surface area contributed by atoms with E-state index in [1.54, 1.807) is 0 Å². The predicted octanol–water partition coefficient (Wildman–Crippen LogP) is 15.5. The van der Waals surface area contributed by atoms with Crippen LogP contribution in [0.15, 0.2) is 218 Å². The highest BCUT2D eigenvalue weighted by atomic mass is 32.1. The SMILES string of the molecule is c1ccc(-c2cccc(N(c3ccccc3)c3ccc4sc5ccc6ccccc6c5c4c3N(c3ccccc3)c3cccc(-c4ccccc4)c3)c2)cc1. The number of benzene rings is 9. The Bertz CT molecular complexity index is 2920. The summed E-state index contributed by atoms with van der Waals surface area (Å²) in [4.78, 5) is 4.92. The second-order valence-corrected chi connectivity index (χ2v) is 14.8. The van der Waals surface area contributed by atoms with Crippen molar-refractivity contribution < 1.29 is 0 Å². The van der Waals surface area contributed by atoms with Gasteiger partial charge in [-0.3, -0.25) is 0 Å². The first-order valence-corrected chi connectivity index (χ1v) is 19.5. The second kappa shape index (κ2) is 14.1. The minimum absolute atomic E-state index is 1.09. The van der Waals surface area contributed by atoms with Gasteiger partial charge in [-0.05, 0) is 99.8 Å². The molecule has 0 spiro atoms. The average Bonchev–Trinajstić information content (AvgIpc) is 3.66. The van der Waals surface area contributed by atoms with Crippen molar-refractivity contribution in [3.05, 3.63) is 218 Å². The van der Waals surface area contributed by atoms with Crippen molar-refractivity contribution in [2.75, 3.05) is 9.80 Å². The summed E-state index contributed by atoms with van der Waals surface area (Å²) in [6.07, 6.45) is 0. The maximum atomic E-state index is 2.48. The van der Waals surface area contributed by atoms with E-state index in [2.05, 4.69) is 228 Å². The van der Waals surface area contributed by atoms with Crippen LogP contribution < -0.4 is 9.80 Å². The highest BCUT2D eigenvalue weighted by Crippen LogP contribution is 2.53. The van der Waals surface area contributed by atoms with Gasteiger partial charge in [0.25, 0.3) is 0 Å². The standard InChI is InChI=1S/C52H36N2S/c1-5-17-37(18-6-1)40-22-15-28-44(35-40)53(42-24-9-3-10-25-42)47-32-34-49-51(50-46-30-14-13-21-39(46)31-33-48(50)55-49)52(47)54(43-26-11-4-12-27-43)45-29-16-23-41(36-45)38-19-7-2-8-20-38/h1-36H. The largest absolute Gasteiger partial charge is 0.308 e. The van der Waals surface area contributed by atoms with Crippen molar-refractivity contribution in [3.8, 4) is 22.3 Å². The molecule has 260 valence electrons. The third-order valence-electron chi connectivity index (χ3n) is 10.4. The van der Waals surface area contributed by atoms with Gasteiger partial charge in [0.05, 0.1) is 11.4 Å². The Morgan fingerprint density at radius 2 is 0.764 bits per heavy atom. The summed E-state index contributed by atoms with van der Waals surface area (Å²) in [6, 6.07) is 78.9. The first-order valence-electron chi connectivity index (χ1n) is 18.7. The lowest BCUT2D eigenvalue weighted by Crippen LogP contribution is -2.17. The van der Waals surface area contributed by atoms with E-state index in [0.29, 0.717) is 0 Å². The van der Waals surface area contributed by atoms with Crippen molar-refractivity contribution in [1.82, 2.24) is 0 Å². The van der Waals surface area contributed by atoms with E-state index in [0.717, 1.165) is 34.1 Å². The number of rotatable bonds is 8. The zero-order chi connectivity index (χ0) is 36.6. The average molecular weight is 721 g/mol. The normalized spacial score (nSPS) is 11.3. The Hall–Kier alpha value is -6.94. The van der Waals surface area contributed by atoms with Crippen LogP contribution in [0.2, 0.25) is 0 Å². The van der Waals surface area contributed by atoms with Crippen molar-refractivity contribution >= 4 is 76.4 Å². The van der Waals surface area contributed by atoms with Gasteiger partial charge < -0.3 is 9.80 Å². The molecule has 10 rings (SSSR count). The summed E-state index contributed by atoms with van der Waals surface area (Å²) in [6.45, 7) is 0. The molecule has 1 aromatic heterocycles. The first-order chi connectivity index (χ1) is 27.3. The number of nitrogens with zero attached hydrogens (tertiary/aromatic N) is 2. The minimum atomic E-state index is 1.09. The molecule has 55 heavy (non-hydrogen) atoms. The molecular formula is C52H36N2S. The highest BCUT2D eigenvalue weighted by Gasteiger charge is 2.27. The fourth-order valence-corrected chi connectivity index (χ4v) is 9.03. The molecule has 0 aliphatic heterocycles. The zero-order valence-corrected chi connectivity index (χ0v) is 30.9. The predicted molar refractivity (Wildman–Crippen MR) is 237 cm³/mol. The van der Waals surface area contributed by atoms with E-state index in [1.165, 1.54) is 53.2 Å². The van der Waals surface area contributed by atoms with Gasteiger partial charge in [0.15, 0.2) is 0 Å². The lowest BCUT2D eigenvalue weighted by atomic mass is 9.99. The summed E-state index contributed by atoms with van der Waals surface area (Å²) in [5.74, 6) is 0. The third-order valence-corrected chi connectivity index (χ3v) is 11.5. The number of anilines is 6. The molecule has 2 nitrogen and oxygen atoms in total. The van der Waals surface area contributed by atoms with Gasteiger partial charge in [-0.2, -0.15) is 0 Å². The van der Waals surface area contributed by atoms with E-state index in [9.17, 15) is 0 Å². The Labute approximate surface area is 325 Å². The van der Waals surface area contributed by atoms with Crippen molar-refractivity contribution in [3.63, 3.8) is 0 Å². The van der Waals surface area contributed by atoms with Gasteiger partial charge in [0, 0.05) is 42.9 Å². The van der Waals surface area contributed by atoms with Crippen LogP contribution in [0.5, 0.6) is 0 Å². The summed E-state index contributed by atoms with van der Waals surface area (Å²) in [7, 11) is 0. The van der Waals surface area contributed by atoms with Gasteiger partial charge in [-0.25, -0.2) is 0 Å². The van der Waals surface area contributed by atoms with Crippen LogP contribution in [0.25, 0.3) is 53.2 Å². The van der Waals surface area contributed by atoms with Crippen LogP contribution in [0.3, 0.4) is 0 Å². The molecule has 0 atom stereocenters. The number of hydrogen-bond acceptors (Lipinski definition) is 3. The number of fused-ring (bicyclic) bond motifs is 5. The molecule has 0 aliphatic rings. The monoisotopic (exact) mass is 720 g/mol. The highest BCUT2D eigenvalue weighted by molar-refractivity contribution is 7.26. The fourth-order valence-electron chi connectivity index (χ4n) is 7.91. The molecule has 10 aromatic rings. The summed E-state index contributed by atoms with van der Waals surface area (Å²) < 4.78 is 2.52. The molecule has 0 fully saturated rings. The molecule has 1 heterocycles. The topological polar surface area (TPSA) is 6.48 Å². The quantitative estimate of drug-likeness (QED) is 0.154. The molecule has 9 aromatic carbocycles. The Morgan fingerprint density at radius 3 is 1.38 bits per heavy atom. The van der Waals surface area contributed by atoms with Crippen LogP contribution in [0.4, 0.5) is 34.1 Å². The number of hydrogen-bond donors (Lipinski definition) is 0. The maximum absolute atomic E-state index is 2.48. The van der Waals surface area contributed by atoms with Gasteiger partial charge >= 0.3 is 0 Å². The Balaban J connectivity index is 1.34. The number of para-hydroxylation sites is 2. The minimum Gasteiger partial charge on any atom is -0.308 e. The first kappa shape index (κ1) is 32.7. The molecule has 0 aliphatic carbocycles. The lowest BCUT2D eigenvalue weighted by molar-refractivity contribution is 1.24.